The molecule has 0 aromatic heterocycles. The van der Waals surface area contributed by atoms with Gasteiger partial charge in [0.1, 0.15) is 5.54 Å². The van der Waals surface area contributed by atoms with E-state index in [0.29, 0.717) is 38.8 Å². The second kappa shape index (κ2) is 8.12. The second-order valence-electron chi connectivity index (χ2n) is 5.52. The highest BCUT2D eigenvalue weighted by molar-refractivity contribution is 6.01. The van der Waals surface area contributed by atoms with Crippen LogP contribution in [0.1, 0.15) is 52.9 Å². The van der Waals surface area contributed by atoms with Crippen LogP contribution >= 0.6 is 0 Å². The highest BCUT2D eigenvalue weighted by Crippen LogP contribution is 2.18. The van der Waals surface area contributed by atoms with Gasteiger partial charge in [-0.05, 0) is 39.7 Å². The molecule has 1 atom stereocenters. The number of carbonyl (C=O) groups is 3. The lowest BCUT2D eigenvalue weighted by atomic mass is 9.95. The van der Waals surface area contributed by atoms with Gasteiger partial charge in [-0.2, -0.15) is 0 Å². The standard InChI is InChI=1S/C15H26N2O4/c1-4-10-16-15(3,14(20)21-5-2)9-6-11-17-12(18)7-8-13(17)19/h16H,4-11H2,1-3H3. The molecule has 21 heavy (non-hydrogen) atoms. The van der Waals surface area contributed by atoms with Crippen LogP contribution in [0.2, 0.25) is 0 Å². The number of nitrogens with zero attached hydrogens (tertiary/aromatic N) is 1. The van der Waals surface area contributed by atoms with Gasteiger partial charge in [0.25, 0.3) is 0 Å². The molecule has 2 amide bonds. The van der Waals surface area contributed by atoms with Gasteiger partial charge in [0.15, 0.2) is 0 Å². The first kappa shape index (κ1) is 17.6. The van der Waals surface area contributed by atoms with E-state index in [4.69, 9.17) is 4.74 Å². The molecule has 1 aliphatic rings. The molecule has 6 nitrogen and oxygen atoms in total. The molecule has 1 saturated heterocycles. The maximum Gasteiger partial charge on any atom is 0.326 e. The van der Waals surface area contributed by atoms with Crippen LogP contribution in [0.25, 0.3) is 0 Å². The van der Waals surface area contributed by atoms with E-state index in [9.17, 15) is 14.4 Å². The summed E-state index contributed by atoms with van der Waals surface area (Å²) < 4.78 is 5.12. The summed E-state index contributed by atoms with van der Waals surface area (Å²) >= 11 is 0. The number of esters is 1. The van der Waals surface area contributed by atoms with E-state index >= 15 is 0 Å². The number of rotatable bonds is 9. The number of amides is 2. The molecular formula is C15H26N2O4. The normalized spacial score (nSPS) is 18.0. The van der Waals surface area contributed by atoms with Gasteiger partial charge in [0.05, 0.1) is 6.61 Å². The van der Waals surface area contributed by atoms with Gasteiger partial charge >= 0.3 is 5.97 Å². The second-order valence-corrected chi connectivity index (χ2v) is 5.52. The maximum absolute atomic E-state index is 12.1. The van der Waals surface area contributed by atoms with Crippen LogP contribution in [-0.4, -0.2) is 47.9 Å². The summed E-state index contributed by atoms with van der Waals surface area (Å²) in [6.07, 6.45) is 2.65. The summed E-state index contributed by atoms with van der Waals surface area (Å²) in [7, 11) is 0. The molecular weight excluding hydrogens is 272 g/mol. The average Bonchev–Trinajstić information content (AvgIpc) is 2.77. The monoisotopic (exact) mass is 298 g/mol. The zero-order chi connectivity index (χ0) is 15.9. The highest BCUT2D eigenvalue weighted by Gasteiger charge is 2.35. The van der Waals surface area contributed by atoms with Gasteiger partial charge < -0.3 is 10.1 Å². The Morgan fingerprint density at radius 2 is 1.90 bits per heavy atom. The van der Waals surface area contributed by atoms with Crippen LogP contribution in [0.5, 0.6) is 0 Å². The van der Waals surface area contributed by atoms with Gasteiger partial charge in [0, 0.05) is 19.4 Å². The van der Waals surface area contributed by atoms with Gasteiger partial charge in [0.2, 0.25) is 11.8 Å². The van der Waals surface area contributed by atoms with Crippen molar-refractivity contribution in [1.29, 1.82) is 0 Å². The minimum absolute atomic E-state index is 0.112. The molecule has 1 N–H and O–H groups in total. The molecule has 1 fully saturated rings. The maximum atomic E-state index is 12.1. The molecule has 1 heterocycles. The fourth-order valence-electron chi connectivity index (χ4n) is 2.42. The molecule has 6 heteroatoms. The topological polar surface area (TPSA) is 75.7 Å². The third kappa shape index (κ3) is 4.81. The van der Waals surface area contributed by atoms with Gasteiger partial charge in [-0.25, -0.2) is 0 Å². The smallest absolute Gasteiger partial charge is 0.326 e. The fraction of sp³-hybridized carbons (Fsp3) is 0.800. The van der Waals surface area contributed by atoms with Crippen LogP contribution in [0.3, 0.4) is 0 Å². The highest BCUT2D eigenvalue weighted by atomic mass is 16.5. The minimum atomic E-state index is -0.766. The third-order valence-corrected chi connectivity index (χ3v) is 3.70. The van der Waals surface area contributed by atoms with Gasteiger partial charge in [-0.3, -0.25) is 19.3 Å². The summed E-state index contributed by atoms with van der Waals surface area (Å²) in [5.74, 6) is -0.503. The first-order valence-corrected chi connectivity index (χ1v) is 7.70. The Kier molecular flexibility index (Phi) is 6.81. The Bertz CT molecular complexity index is 381. The van der Waals surface area contributed by atoms with E-state index in [-0.39, 0.29) is 17.8 Å². The largest absolute Gasteiger partial charge is 0.465 e. The van der Waals surface area contributed by atoms with Crippen LogP contribution < -0.4 is 5.32 Å². The lowest BCUT2D eigenvalue weighted by Crippen LogP contribution is -2.51. The lowest BCUT2D eigenvalue weighted by Gasteiger charge is -2.29. The zero-order valence-electron chi connectivity index (χ0n) is 13.2. The van der Waals surface area contributed by atoms with Crippen molar-refractivity contribution in [1.82, 2.24) is 10.2 Å². The van der Waals surface area contributed by atoms with Crippen molar-refractivity contribution in [3.63, 3.8) is 0 Å². The Hall–Kier alpha value is -1.43. The van der Waals surface area contributed by atoms with Crippen molar-refractivity contribution < 1.29 is 19.1 Å². The Morgan fingerprint density at radius 3 is 2.43 bits per heavy atom. The van der Waals surface area contributed by atoms with E-state index in [0.717, 1.165) is 13.0 Å². The average molecular weight is 298 g/mol. The molecule has 0 spiro atoms. The molecule has 0 aromatic carbocycles. The first-order valence-electron chi connectivity index (χ1n) is 7.70. The van der Waals surface area contributed by atoms with Crippen molar-refractivity contribution >= 4 is 17.8 Å². The van der Waals surface area contributed by atoms with Crippen molar-refractivity contribution in [3.05, 3.63) is 0 Å². The zero-order valence-corrected chi connectivity index (χ0v) is 13.2. The number of hydrogen-bond acceptors (Lipinski definition) is 5. The predicted octanol–water partition coefficient (Wildman–Crippen LogP) is 1.24. The van der Waals surface area contributed by atoms with E-state index in [2.05, 4.69) is 5.32 Å². The predicted molar refractivity (Wildman–Crippen MR) is 78.5 cm³/mol. The van der Waals surface area contributed by atoms with E-state index in [1.807, 2.05) is 13.8 Å². The van der Waals surface area contributed by atoms with Crippen LogP contribution in [0, 0.1) is 0 Å². The van der Waals surface area contributed by atoms with Gasteiger partial charge in [-0.15, -0.1) is 0 Å². The molecule has 1 rings (SSSR count). The number of carbonyl (C=O) groups excluding carboxylic acids is 3. The van der Waals surface area contributed by atoms with Crippen LogP contribution in [0.4, 0.5) is 0 Å². The summed E-state index contributed by atoms with van der Waals surface area (Å²) in [6, 6.07) is 0. The molecule has 0 saturated carbocycles. The molecule has 0 aliphatic carbocycles. The number of hydrogen-bond donors (Lipinski definition) is 1. The molecule has 1 aliphatic heterocycles. The molecule has 1 unspecified atom stereocenters. The van der Waals surface area contributed by atoms with Crippen molar-refractivity contribution in [2.24, 2.45) is 0 Å². The first-order chi connectivity index (χ1) is 9.94. The Labute approximate surface area is 126 Å². The number of ether oxygens (including phenoxy) is 1. The van der Waals surface area contributed by atoms with E-state index in [1.54, 1.807) is 6.92 Å². The lowest BCUT2D eigenvalue weighted by molar-refractivity contribution is -0.150. The summed E-state index contributed by atoms with van der Waals surface area (Å²) in [5.41, 5.74) is -0.766. The van der Waals surface area contributed by atoms with Crippen molar-refractivity contribution in [3.8, 4) is 0 Å². The molecule has 0 radical (unpaired) electrons. The summed E-state index contributed by atoms with van der Waals surface area (Å²) in [4.78, 5) is 36.5. The summed E-state index contributed by atoms with van der Waals surface area (Å²) in [6.45, 7) is 7.05. The van der Waals surface area contributed by atoms with Crippen LogP contribution in [0.15, 0.2) is 0 Å². The van der Waals surface area contributed by atoms with Crippen LogP contribution in [-0.2, 0) is 19.1 Å². The molecule has 120 valence electrons. The minimum Gasteiger partial charge on any atom is -0.465 e. The molecule has 0 aromatic rings. The Morgan fingerprint density at radius 1 is 1.29 bits per heavy atom. The van der Waals surface area contributed by atoms with Gasteiger partial charge in [-0.1, -0.05) is 6.92 Å². The molecule has 0 bridgehead atoms. The van der Waals surface area contributed by atoms with Crippen molar-refractivity contribution in [2.45, 2.75) is 58.4 Å². The fourth-order valence-corrected chi connectivity index (χ4v) is 2.42. The number of imide groups is 1. The Balaban J connectivity index is 2.54. The summed E-state index contributed by atoms with van der Waals surface area (Å²) in [5, 5.41) is 3.22. The van der Waals surface area contributed by atoms with Crippen molar-refractivity contribution in [2.75, 3.05) is 19.7 Å². The van der Waals surface area contributed by atoms with E-state index < -0.39 is 5.54 Å². The quantitative estimate of drug-likeness (QED) is 0.512. The number of nitrogens with one attached hydrogen (secondary N) is 1. The third-order valence-electron chi connectivity index (χ3n) is 3.70. The SMILES string of the molecule is CCCNC(C)(CCCN1C(=O)CCC1=O)C(=O)OCC. The number of likely N-dealkylation sites (tertiary alicyclic amines) is 1. The van der Waals surface area contributed by atoms with E-state index in [1.165, 1.54) is 4.90 Å².